The molecule has 1 N–H and O–H groups in total. The molecule has 1 aliphatic heterocycles. The highest BCUT2D eigenvalue weighted by atomic mass is 16.6. The molecule has 1 fully saturated rings. The number of aliphatic hydroxyl groups is 1. The second-order valence-electron chi connectivity index (χ2n) is 7.02. The van der Waals surface area contributed by atoms with E-state index >= 15 is 0 Å². The Hall–Kier alpha value is -1.55. The number of carbonyl (C=O) groups excluding carboxylic acids is 1. The zero-order valence-electron chi connectivity index (χ0n) is 14.0. The molecular weight excluding hydrogens is 278 g/mol. The van der Waals surface area contributed by atoms with E-state index in [4.69, 9.17) is 4.74 Å². The van der Waals surface area contributed by atoms with Gasteiger partial charge in [-0.25, -0.2) is 4.79 Å². The van der Waals surface area contributed by atoms with Crippen LogP contribution in [0.2, 0.25) is 0 Å². The van der Waals surface area contributed by atoms with Crippen LogP contribution in [-0.4, -0.2) is 34.8 Å². The summed E-state index contributed by atoms with van der Waals surface area (Å²) >= 11 is 0. The minimum Gasteiger partial charge on any atom is -0.444 e. The lowest BCUT2D eigenvalue weighted by Crippen LogP contribution is -2.35. The van der Waals surface area contributed by atoms with Gasteiger partial charge in [-0.15, -0.1) is 0 Å². The molecular formula is C18H27NO3. The molecule has 1 aromatic carbocycles. The summed E-state index contributed by atoms with van der Waals surface area (Å²) in [5.74, 6) is 0.0691. The molecule has 1 saturated heterocycles. The maximum absolute atomic E-state index is 12.1. The van der Waals surface area contributed by atoms with Crippen LogP contribution in [0.15, 0.2) is 24.3 Å². The molecule has 4 heteroatoms. The lowest BCUT2D eigenvalue weighted by molar-refractivity contribution is 0.0268. The van der Waals surface area contributed by atoms with Gasteiger partial charge < -0.3 is 14.7 Å². The van der Waals surface area contributed by atoms with Crippen molar-refractivity contribution in [3.63, 3.8) is 0 Å². The fourth-order valence-corrected chi connectivity index (χ4v) is 2.81. The van der Waals surface area contributed by atoms with Crippen LogP contribution in [0.1, 0.15) is 51.3 Å². The van der Waals surface area contributed by atoms with Crippen LogP contribution >= 0.6 is 0 Å². The zero-order chi connectivity index (χ0) is 16.3. The van der Waals surface area contributed by atoms with E-state index in [0.717, 1.165) is 18.4 Å². The molecule has 0 radical (unpaired) electrons. The van der Waals surface area contributed by atoms with Gasteiger partial charge >= 0.3 is 6.09 Å². The number of nitrogens with zero attached hydrogens (tertiary/aromatic N) is 1. The van der Waals surface area contributed by atoms with E-state index in [-0.39, 0.29) is 12.0 Å². The summed E-state index contributed by atoms with van der Waals surface area (Å²) in [5.41, 5.74) is 1.68. The SMILES string of the molecule is CCc1cccc(C(O)C2CCN(C(=O)OC(C)(C)C)C2)c1. The zero-order valence-corrected chi connectivity index (χ0v) is 14.0. The number of hydrogen-bond acceptors (Lipinski definition) is 3. The first-order valence-corrected chi connectivity index (χ1v) is 8.05. The molecule has 0 spiro atoms. The van der Waals surface area contributed by atoms with Crippen molar-refractivity contribution in [2.45, 2.75) is 52.2 Å². The van der Waals surface area contributed by atoms with E-state index in [9.17, 15) is 9.90 Å². The molecule has 2 atom stereocenters. The van der Waals surface area contributed by atoms with Crippen molar-refractivity contribution < 1.29 is 14.6 Å². The largest absolute Gasteiger partial charge is 0.444 e. The third-order valence-electron chi connectivity index (χ3n) is 4.02. The molecule has 1 aromatic rings. The van der Waals surface area contributed by atoms with E-state index in [0.29, 0.717) is 13.1 Å². The van der Waals surface area contributed by atoms with E-state index in [1.165, 1.54) is 5.56 Å². The van der Waals surface area contributed by atoms with Gasteiger partial charge in [0, 0.05) is 19.0 Å². The van der Waals surface area contributed by atoms with Gasteiger partial charge in [0.2, 0.25) is 0 Å². The Morgan fingerprint density at radius 3 is 2.82 bits per heavy atom. The van der Waals surface area contributed by atoms with Gasteiger partial charge in [-0.1, -0.05) is 31.2 Å². The minimum atomic E-state index is -0.529. The van der Waals surface area contributed by atoms with Gasteiger partial charge in [0.25, 0.3) is 0 Å². The number of likely N-dealkylation sites (tertiary alicyclic amines) is 1. The molecule has 0 aliphatic carbocycles. The number of benzene rings is 1. The lowest BCUT2D eigenvalue weighted by Gasteiger charge is -2.25. The molecule has 1 heterocycles. The number of hydrogen-bond donors (Lipinski definition) is 1. The van der Waals surface area contributed by atoms with E-state index < -0.39 is 11.7 Å². The van der Waals surface area contributed by atoms with Gasteiger partial charge in [-0.2, -0.15) is 0 Å². The lowest BCUT2D eigenvalue weighted by atomic mass is 9.93. The normalized spacial score (nSPS) is 20.0. The second-order valence-corrected chi connectivity index (χ2v) is 7.02. The molecule has 2 unspecified atom stereocenters. The predicted molar refractivity (Wildman–Crippen MR) is 86.7 cm³/mol. The Labute approximate surface area is 133 Å². The third-order valence-corrected chi connectivity index (χ3v) is 4.02. The third kappa shape index (κ3) is 4.23. The standard InChI is InChI=1S/C18H27NO3/c1-5-13-7-6-8-14(11-13)16(20)15-9-10-19(12-15)17(21)22-18(2,3)4/h6-8,11,15-16,20H,5,9-10,12H2,1-4H3. The van der Waals surface area contributed by atoms with Crippen LogP contribution in [0, 0.1) is 5.92 Å². The molecule has 1 aliphatic rings. The van der Waals surface area contributed by atoms with Crippen molar-refractivity contribution in [1.82, 2.24) is 4.90 Å². The number of carbonyl (C=O) groups is 1. The first kappa shape index (κ1) is 16.8. The summed E-state index contributed by atoms with van der Waals surface area (Å²) in [5, 5.41) is 10.6. The molecule has 4 nitrogen and oxygen atoms in total. The van der Waals surface area contributed by atoms with Crippen LogP contribution < -0.4 is 0 Å². The Kier molecular flexibility index (Phi) is 5.12. The highest BCUT2D eigenvalue weighted by Gasteiger charge is 2.33. The highest BCUT2D eigenvalue weighted by molar-refractivity contribution is 5.68. The Bertz CT molecular complexity index is 521. The smallest absolute Gasteiger partial charge is 0.410 e. The molecule has 1 amide bonds. The van der Waals surface area contributed by atoms with Crippen LogP contribution in [0.4, 0.5) is 4.79 Å². The van der Waals surface area contributed by atoms with E-state index in [1.807, 2.05) is 32.9 Å². The van der Waals surface area contributed by atoms with E-state index in [2.05, 4.69) is 19.1 Å². The number of aryl methyl sites for hydroxylation is 1. The van der Waals surface area contributed by atoms with Gasteiger partial charge in [0.15, 0.2) is 0 Å². The summed E-state index contributed by atoms with van der Waals surface area (Å²) < 4.78 is 5.40. The molecule has 122 valence electrons. The highest BCUT2D eigenvalue weighted by Crippen LogP contribution is 2.31. The molecule has 0 bridgehead atoms. The van der Waals surface area contributed by atoms with E-state index in [1.54, 1.807) is 4.90 Å². The van der Waals surface area contributed by atoms with Crippen LogP contribution in [0.5, 0.6) is 0 Å². The molecule has 0 saturated carbocycles. The van der Waals surface area contributed by atoms with Gasteiger partial charge in [0.1, 0.15) is 5.60 Å². The first-order chi connectivity index (χ1) is 10.3. The average Bonchev–Trinajstić information content (AvgIpc) is 2.94. The Morgan fingerprint density at radius 2 is 2.18 bits per heavy atom. The summed E-state index contributed by atoms with van der Waals surface area (Å²) in [6.07, 6.45) is 0.940. The minimum absolute atomic E-state index is 0.0691. The fraction of sp³-hybridized carbons (Fsp3) is 0.611. The van der Waals surface area contributed by atoms with Gasteiger partial charge in [-0.05, 0) is 44.7 Å². The number of aliphatic hydroxyl groups excluding tert-OH is 1. The predicted octanol–water partition coefficient (Wildman–Crippen LogP) is 3.54. The van der Waals surface area contributed by atoms with Crippen molar-refractivity contribution in [2.75, 3.05) is 13.1 Å². The van der Waals surface area contributed by atoms with Crippen molar-refractivity contribution in [1.29, 1.82) is 0 Å². The quantitative estimate of drug-likeness (QED) is 0.929. The molecule has 0 aromatic heterocycles. The summed E-state index contributed by atoms with van der Waals surface area (Å²) in [7, 11) is 0. The van der Waals surface area contributed by atoms with Crippen molar-refractivity contribution >= 4 is 6.09 Å². The number of ether oxygens (including phenoxy) is 1. The Balaban J connectivity index is 1.98. The summed E-state index contributed by atoms with van der Waals surface area (Å²) in [4.78, 5) is 13.8. The maximum Gasteiger partial charge on any atom is 0.410 e. The first-order valence-electron chi connectivity index (χ1n) is 8.05. The molecule has 22 heavy (non-hydrogen) atoms. The second kappa shape index (κ2) is 6.69. The van der Waals surface area contributed by atoms with Crippen LogP contribution in [-0.2, 0) is 11.2 Å². The molecule has 2 rings (SSSR count). The van der Waals surface area contributed by atoms with Crippen LogP contribution in [0.3, 0.4) is 0 Å². The summed E-state index contributed by atoms with van der Waals surface area (Å²) in [6.45, 7) is 8.89. The van der Waals surface area contributed by atoms with Crippen LogP contribution in [0.25, 0.3) is 0 Å². The van der Waals surface area contributed by atoms with Gasteiger partial charge in [0.05, 0.1) is 6.10 Å². The maximum atomic E-state index is 12.1. The summed E-state index contributed by atoms with van der Waals surface area (Å²) in [6, 6.07) is 8.07. The monoisotopic (exact) mass is 305 g/mol. The average molecular weight is 305 g/mol. The topological polar surface area (TPSA) is 49.8 Å². The van der Waals surface area contributed by atoms with Gasteiger partial charge in [-0.3, -0.25) is 0 Å². The van der Waals surface area contributed by atoms with Crippen molar-refractivity contribution in [3.05, 3.63) is 35.4 Å². The number of amides is 1. The Morgan fingerprint density at radius 1 is 1.45 bits per heavy atom. The fourth-order valence-electron chi connectivity index (χ4n) is 2.81. The number of rotatable bonds is 3. The van der Waals surface area contributed by atoms with Crippen molar-refractivity contribution in [3.8, 4) is 0 Å². The van der Waals surface area contributed by atoms with Crippen molar-refractivity contribution in [2.24, 2.45) is 5.92 Å².